The number of hydrogen-bond acceptors (Lipinski definition) is 5. The van der Waals surface area contributed by atoms with Crippen molar-refractivity contribution in [3.8, 4) is 11.1 Å². The van der Waals surface area contributed by atoms with Crippen molar-refractivity contribution in [1.82, 2.24) is 19.4 Å². The van der Waals surface area contributed by atoms with Crippen LogP contribution in [0, 0.1) is 6.92 Å². The molecule has 0 aliphatic carbocycles. The van der Waals surface area contributed by atoms with Gasteiger partial charge in [-0.1, -0.05) is 48.0 Å². The van der Waals surface area contributed by atoms with E-state index in [9.17, 15) is 14.4 Å². The first-order valence-corrected chi connectivity index (χ1v) is 12.5. The normalized spacial score (nSPS) is 13.9. The van der Waals surface area contributed by atoms with E-state index in [4.69, 9.17) is 0 Å². The summed E-state index contributed by atoms with van der Waals surface area (Å²) in [5, 5.41) is 2.57. The smallest absolute Gasteiger partial charge is 0.262 e. The molecule has 2 aromatic heterocycles. The topological polar surface area (TPSA) is 75.5 Å². The Kier molecular flexibility index (Phi) is 6.46. The molecule has 2 amide bonds. The predicted molar refractivity (Wildman–Crippen MR) is 138 cm³/mol. The van der Waals surface area contributed by atoms with Gasteiger partial charge in [-0.05, 0) is 24.6 Å². The number of carbonyl (C=O) groups is 2. The molecule has 1 aliphatic rings. The molecule has 2 aromatic carbocycles. The molecule has 0 bridgehead atoms. The fourth-order valence-electron chi connectivity index (χ4n) is 4.37. The van der Waals surface area contributed by atoms with Crippen molar-refractivity contribution in [2.24, 2.45) is 0 Å². The molecular weight excluding hydrogens is 460 g/mol. The Morgan fingerprint density at radius 1 is 0.943 bits per heavy atom. The standard InChI is InChI=1S/C27H26N4O3S/c1-19-7-9-20(10-8-19)22-17-35-25-24(22)27(34)31(18-28-25)12-11-23(32)29-13-15-30(16-14-29)26(33)21-5-3-2-4-6-21/h2-10,17-18H,11-16H2,1H3. The molecule has 1 fully saturated rings. The third-order valence-electron chi connectivity index (χ3n) is 6.43. The van der Waals surface area contributed by atoms with Gasteiger partial charge in [-0.2, -0.15) is 0 Å². The zero-order valence-corrected chi connectivity index (χ0v) is 20.3. The minimum Gasteiger partial charge on any atom is -0.339 e. The quantitative estimate of drug-likeness (QED) is 0.430. The summed E-state index contributed by atoms with van der Waals surface area (Å²) in [6.45, 7) is 4.29. The number of nitrogens with zero attached hydrogens (tertiary/aromatic N) is 4. The molecule has 1 saturated heterocycles. The molecule has 1 aliphatic heterocycles. The van der Waals surface area contributed by atoms with E-state index in [2.05, 4.69) is 4.98 Å². The summed E-state index contributed by atoms with van der Waals surface area (Å²) in [6.07, 6.45) is 1.74. The van der Waals surface area contributed by atoms with Crippen LogP contribution in [-0.4, -0.2) is 57.3 Å². The van der Waals surface area contributed by atoms with Crippen LogP contribution in [0.2, 0.25) is 0 Å². The van der Waals surface area contributed by atoms with Crippen molar-refractivity contribution >= 4 is 33.4 Å². The average Bonchev–Trinajstić information content (AvgIpc) is 3.34. The van der Waals surface area contributed by atoms with E-state index in [1.807, 2.05) is 54.8 Å². The first kappa shape index (κ1) is 23.0. The fraction of sp³-hybridized carbons (Fsp3) is 0.259. The van der Waals surface area contributed by atoms with Gasteiger partial charge in [0.05, 0.1) is 11.7 Å². The molecule has 0 atom stereocenters. The molecule has 0 N–H and O–H groups in total. The third kappa shape index (κ3) is 4.74. The molecule has 178 valence electrons. The molecule has 7 nitrogen and oxygen atoms in total. The number of rotatable bonds is 5. The number of hydrogen-bond donors (Lipinski definition) is 0. The number of carbonyl (C=O) groups excluding carboxylic acids is 2. The molecule has 5 rings (SSSR count). The molecule has 0 spiro atoms. The highest BCUT2D eigenvalue weighted by Gasteiger charge is 2.25. The van der Waals surface area contributed by atoms with E-state index >= 15 is 0 Å². The van der Waals surface area contributed by atoms with Crippen LogP contribution in [0.1, 0.15) is 22.3 Å². The van der Waals surface area contributed by atoms with Crippen LogP contribution in [0.5, 0.6) is 0 Å². The van der Waals surface area contributed by atoms with Crippen molar-refractivity contribution in [2.45, 2.75) is 19.9 Å². The molecule has 35 heavy (non-hydrogen) atoms. The van der Waals surface area contributed by atoms with Crippen LogP contribution < -0.4 is 5.56 Å². The van der Waals surface area contributed by atoms with Gasteiger partial charge in [-0.25, -0.2) is 4.98 Å². The second kappa shape index (κ2) is 9.84. The van der Waals surface area contributed by atoms with Gasteiger partial charge < -0.3 is 9.80 Å². The van der Waals surface area contributed by atoms with Crippen LogP contribution in [0.4, 0.5) is 0 Å². The lowest BCUT2D eigenvalue weighted by Gasteiger charge is -2.35. The van der Waals surface area contributed by atoms with Gasteiger partial charge in [0.15, 0.2) is 0 Å². The molecule has 8 heteroatoms. The van der Waals surface area contributed by atoms with Crippen LogP contribution in [0.3, 0.4) is 0 Å². The first-order valence-electron chi connectivity index (χ1n) is 11.7. The number of piperazine rings is 1. The highest BCUT2D eigenvalue weighted by molar-refractivity contribution is 7.17. The van der Waals surface area contributed by atoms with Gasteiger partial charge in [0.1, 0.15) is 4.83 Å². The Morgan fingerprint density at radius 2 is 1.63 bits per heavy atom. The summed E-state index contributed by atoms with van der Waals surface area (Å²) < 4.78 is 1.53. The summed E-state index contributed by atoms with van der Waals surface area (Å²) in [5.74, 6) is -0.0309. The van der Waals surface area contributed by atoms with Gasteiger partial charge in [-0.15, -0.1) is 11.3 Å². The summed E-state index contributed by atoms with van der Waals surface area (Å²) in [5.41, 5.74) is 3.55. The molecule has 4 aromatic rings. The fourth-order valence-corrected chi connectivity index (χ4v) is 5.28. The maximum atomic E-state index is 13.3. The highest BCUT2D eigenvalue weighted by Crippen LogP contribution is 2.30. The van der Waals surface area contributed by atoms with E-state index in [0.717, 1.165) is 16.7 Å². The summed E-state index contributed by atoms with van der Waals surface area (Å²) in [7, 11) is 0. The Hall–Kier alpha value is -3.78. The molecule has 3 heterocycles. The lowest BCUT2D eigenvalue weighted by atomic mass is 10.1. The first-order chi connectivity index (χ1) is 17.0. The lowest BCUT2D eigenvalue weighted by molar-refractivity contribution is -0.132. The molecule has 0 radical (unpaired) electrons. The largest absolute Gasteiger partial charge is 0.339 e. The maximum absolute atomic E-state index is 13.3. The van der Waals surface area contributed by atoms with Crippen molar-refractivity contribution in [1.29, 1.82) is 0 Å². The van der Waals surface area contributed by atoms with E-state index in [0.29, 0.717) is 42.0 Å². The van der Waals surface area contributed by atoms with Gasteiger partial charge in [-0.3, -0.25) is 19.0 Å². The van der Waals surface area contributed by atoms with Crippen LogP contribution >= 0.6 is 11.3 Å². The van der Waals surface area contributed by atoms with Gasteiger partial charge in [0.25, 0.3) is 11.5 Å². The Balaban J connectivity index is 1.24. The summed E-state index contributed by atoms with van der Waals surface area (Å²) >= 11 is 1.45. The van der Waals surface area contributed by atoms with Crippen LogP contribution in [0.25, 0.3) is 21.3 Å². The van der Waals surface area contributed by atoms with E-state index in [1.54, 1.807) is 21.9 Å². The van der Waals surface area contributed by atoms with Crippen molar-refractivity contribution < 1.29 is 9.59 Å². The number of aryl methyl sites for hydroxylation is 2. The predicted octanol–water partition coefficient (Wildman–Crippen LogP) is 3.81. The molecule has 0 unspecified atom stereocenters. The minimum absolute atomic E-state index is 0.0104. The zero-order valence-electron chi connectivity index (χ0n) is 19.5. The van der Waals surface area contributed by atoms with Crippen molar-refractivity contribution in [3.05, 3.63) is 87.8 Å². The second-order valence-electron chi connectivity index (χ2n) is 8.73. The lowest BCUT2D eigenvalue weighted by Crippen LogP contribution is -2.50. The number of fused-ring (bicyclic) bond motifs is 1. The van der Waals surface area contributed by atoms with Gasteiger partial charge in [0.2, 0.25) is 5.91 Å². The molecular formula is C27H26N4O3S. The Morgan fingerprint density at radius 3 is 2.34 bits per heavy atom. The molecule has 0 saturated carbocycles. The summed E-state index contributed by atoms with van der Waals surface area (Å²) in [4.78, 5) is 47.5. The Bertz CT molecular complexity index is 1420. The van der Waals surface area contributed by atoms with Gasteiger partial charge >= 0.3 is 0 Å². The van der Waals surface area contributed by atoms with E-state index < -0.39 is 0 Å². The number of aromatic nitrogens is 2. The van der Waals surface area contributed by atoms with E-state index in [1.165, 1.54) is 22.2 Å². The number of benzene rings is 2. The van der Waals surface area contributed by atoms with Gasteiger partial charge in [0, 0.05) is 55.7 Å². The monoisotopic (exact) mass is 486 g/mol. The van der Waals surface area contributed by atoms with Crippen molar-refractivity contribution in [3.63, 3.8) is 0 Å². The van der Waals surface area contributed by atoms with Crippen LogP contribution in [0.15, 0.2) is 71.1 Å². The second-order valence-corrected chi connectivity index (χ2v) is 9.59. The van der Waals surface area contributed by atoms with Crippen LogP contribution in [-0.2, 0) is 11.3 Å². The number of thiophene rings is 1. The third-order valence-corrected chi connectivity index (χ3v) is 7.32. The minimum atomic E-state index is -0.127. The maximum Gasteiger partial charge on any atom is 0.262 e. The zero-order chi connectivity index (χ0) is 24.4. The number of amides is 2. The Labute approximate surface area is 207 Å². The van der Waals surface area contributed by atoms with Crippen molar-refractivity contribution in [2.75, 3.05) is 26.2 Å². The van der Waals surface area contributed by atoms with E-state index in [-0.39, 0.29) is 30.3 Å². The summed E-state index contributed by atoms with van der Waals surface area (Å²) in [6, 6.07) is 17.3. The SMILES string of the molecule is Cc1ccc(-c2csc3ncn(CCC(=O)N4CCN(C(=O)c5ccccc5)CC4)c(=O)c23)cc1. The average molecular weight is 487 g/mol. The highest BCUT2D eigenvalue weighted by atomic mass is 32.1.